The highest BCUT2D eigenvalue weighted by atomic mass is 32.2. The predicted octanol–water partition coefficient (Wildman–Crippen LogP) is 2.94. The minimum Gasteiger partial charge on any atom is -0.489 e. The summed E-state index contributed by atoms with van der Waals surface area (Å²) < 4.78 is 24.0. The Balaban J connectivity index is 1.41. The summed E-state index contributed by atoms with van der Waals surface area (Å²) >= 11 is 1.29. The Morgan fingerprint density at radius 2 is 1.90 bits per heavy atom. The van der Waals surface area contributed by atoms with E-state index in [1.54, 1.807) is 29.2 Å². The molecule has 3 rings (SSSR count). The van der Waals surface area contributed by atoms with E-state index in [4.69, 9.17) is 9.47 Å². The molecule has 1 saturated heterocycles. The number of anilines is 1. The molecule has 0 radical (unpaired) electrons. The molecule has 1 heterocycles. The van der Waals surface area contributed by atoms with E-state index >= 15 is 0 Å². The highest BCUT2D eigenvalue weighted by Gasteiger charge is 2.17. The van der Waals surface area contributed by atoms with Crippen molar-refractivity contribution in [3.63, 3.8) is 0 Å². The maximum absolute atomic E-state index is 13.2. The second kappa shape index (κ2) is 10.8. The number of morpholine rings is 1. The first kappa shape index (κ1) is 21.1. The van der Waals surface area contributed by atoms with Gasteiger partial charge in [0.05, 0.1) is 24.7 Å². The van der Waals surface area contributed by atoms with Crippen LogP contribution in [0.3, 0.4) is 0 Å². The number of ether oxygens (including phenoxy) is 2. The second-order valence-electron chi connectivity index (χ2n) is 6.48. The van der Waals surface area contributed by atoms with Crippen molar-refractivity contribution in [2.75, 3.05) is 43.1 Å². The minimum atomic E-state index is -0.354. The number of carbonyl (C=O) groups is 2. The van der Waals surface area contributed by atoms with E-state index in [0.29, 0.717) is 37.7 Å². The lowest BCUT2D eigenvalue weighted by atomic mass is 10.2. The van der Waals surface area contributed by atoms with E-state index in [-0.39, 0.29) is 35.7 Å². The largest absolute Gasteiger partial charge is 0.489 e. The summed E-state index contributed by atoms with van der Waals surface area (Å²) in [4.78, 5) is 26.0. The zero-order chi connectivity index (χ0) is 20.5. The van der Waals surface area contributed by atoms with Crippen LogP contribution in [0.1, 0.15) is 5.56 Å². The molecular formula is C21H23FN2O4S. The molecule has 2 aromatic carbocycles. The Kier molecular flexibility index (Phi) is 7.89. The fourth-order valence-corrected chi connectivity index (χ4v) is 3.51. The van der Waals surface area contributed by atoms with Crippen LogP contribution in [0.4, 0.5) is 10.1 Å². The normalized spacial score (nSPS) is 13.8. The van der Waals surface area contributed by atoms with Gasteiger partial charge in [0.1, 0.15) is 18.2 Å². The van der Waals surface area contributed by atoms with Gasteiger partial charge in [0.25, 0.3) is 0 Å². The average molecular weight is 418 g/mol. The van der Waals surface area contributed by atoms with Crippen LogP contribution in [0, 0.1) is 5.82 Å². The number of carbonyl (C=O) groups excluding carboxylic acids is 2. The van der Waals surface area contributed by atoms with E-state index in [1.807, 2.05) is 12.1 Å². The van der Waals surface area contributed by atoms with Crippen LogP contribution in [-0.4, -0.2) is 54.5 Å². The maximum Gasteiger partial charge on any atom is 0.234 e. The third kappa shape index (κ3) is 7.07. The highest BCUT2D eigenvalue weighted by Crippen LogP contribution is 2.17. The molecule has 154 valence electrons. The first-order valence-corrected chi connectivity index (χ1v) is 10.5. The Labute approximate surface area is 173 Å². The molecule has 0 saturated carbocycles. The average Bonchev–Trinajstić information content (AvgIpc) is 2.73. The molecule has 0 atom stereocenters. The zero-order valence-electron chi connectivity index (χ0n) is 15.9. The van der Waals surface area contributed by atoms with Gasteiger partial charge in [0.2, 0.25) is 11.8 Å². The fourth-order valence-electron chi connectivity index (χ4n) is 2.79. The number of nitrogens with one attached hydrogen (secondary N) is 1. The van der Waals surface area contributed by atoms with Crippen molar-refractivity contribution in [3.8, 4) is 5.75 Å². The van der Waals surface area contributed by atoms with Gasteiger partial charge in [-0.2, -0.15) is 0 Å². The number of rotatable bonds is 8. The van der Waals surface area contributed by atoms with Crippen LogP contribution in [0.15, 0.2) is 48.5 Å². The summed E-state index contributed by atoms with van der Waals surface area (Å²) in [6, 6.07) is 13.2. The SMILES string of the molecule is O=C(CSCC(=O)N1CCOCC1)Nc1cccc(COc2cccc(F)c2)c1. The molecule has 29 heavy (non-hydrogen) atoms. The van der Waals surface area contributed by atoms with Crippen molar-refractivity contribution in [2.24, 2.45) is 0 Å². The maximum atomic E-state index is 13.2. The molecule has 6 nitrogen and oxygen atoms in total. The van der Waals surface area contributed by atoms with Crippen molar-refractivity contribution >= 4 is 29.3 Å². The molecule has 0 aliphatic carbocycles. The smallest absolute Gasteiger partial charge is 0.234 e. The number of halogens is 1. The Morgan fingerprint density at radius 1 is 1.10 bits per heavy atom. The lowest BCUT2D eigenvalue weighted by Gasteiger charge is -2.26. The molecule has 8 heteroatoms. The van der Waals surface area contributed by atoms with Crippen molar-refractivity contribution < 1.29 is 23.5 Å². The standard InChI is InChI=1S/C21H23FN2O4S/c22-17-4-2-6-19(12-17)28-13-16-3-1-5-18(11-16)23-20(25)14-29-15-21(26)24-7-9-27-10-8-24/h1-6,11-12H,7-10,13-15H2,(H,23,25). The fraction of sp³-hybridized carbons (Fsp3) is 0.333. The molecule has 1 fully saturated rings. The van der Waals surface area contributed by atoms with Gasteiger partial charge in [-0.1, -0.05) is 18.2 Å². The van der Waals surface area contributed by atoms with Crippen LogP contribution in [0.2, 0.25) is 0 Å². The predicted molar refractivity (Wildman–Crippen MR) is 111 cm³/mol. The molecular weight excluding hydrogens is 395 g/mol. The van der Waals surface area contributed by atoms with E-state index in [0.717, 1.165) is 5.56 Å². The number of nitrogens with zero attached hydrogens (tertiary/aromatic N) is 1. The number of benzene rings is 2. The number of thioether (sulfide) groups is 1. The van der Waals surface area contributed by atoms with Crippen LogP contribution in [0.5, 0.6) is 5.75 Å². The zero-order valence-corrected chi connectivity index (χ0v) is 16.8. The number of amides is 2. The summed E-state index contributed by atoms with van der Waals surface area (Å²) in [6.07, 6.45) is 0. The van der Waals surface area contributed by atoms with Crippen LogP contribution in [0.25, 0.3) is 0 Å². The summed E-state index contributed by atoms with van der Waals surface area (Å²) in [5.74, 6) is 0.416. The first-order valence-electron chi connectivity index (χ1n) is 9.30. The van der Waals surface area contributed by atoms with Gasteiger partial charge >= 0.3 is 0 Å². The lowest BCUT2D eigenvalue weighted by Crippen LogP contribution is -2.41. The molecule has 1 aliphatic heterocycles. The molecule has 0 spiro atoms. The Bertz CT molecular complexity index is 843. The lowest BCUT2D eigenvalue weighted by molar-refractivity contribution is -0.132. The van der Waals surface area contributed by atoms with Crippen molar-refractivity contribution in [1.29, 1.82) is 0 Å². The Morgan fingerprint density at radius 3 is 2.69 bits per heavy atom. The molecule has 2 aromatic rings. The van der Waals surface area contributed by atoms with Crippen LogP contribution >= 0.6 is 11.8 Å². The summed E-state index contributed by atoms with van der Waals surface area (Å²) in [5, 5.41) is 2.82. The highest BCUT2D eigenvalue weighted by molar-refractivity contribution is 8.00. The van der Waals surface area contributed by atoms with Crippen molar-refractivity contribution in [3.05, 3.63) is 59.9 Å². The van der Waals surface area contributed by atoms with E-state index in [9.17, 15) is 14.0 Å². The van der Waals surface area contributed by atoms with E-state index < -0.39 is 0 Å². The second-order valence-corrected chi connectivity index (χ2v) is 7.47. The summed E-state index contributed by atoms with van der Waals surface area (Å²) in [5.41, 5.74) is 1.50. The number of hydrogen-bond donors (Lipinski definition) is 1. The minimum absolute atomic E-state index is 0.0302. The van der Waals surface area contributed by atoms with Gasteiger partial charge in [-0.3, -0.25) is 9.59 Å². The van der Waals surface area contributed by atoms with Gasteiger partial charge in [-0.05, 0) is 29.8 Å². The quantitative estimate of drug-likeness (QED) is 0.714. The third-order valence-corrected chi connectivity index (χ3v) is 5.15. The Hall–Kier alpha value is -2.58. The summed E-state index contributed by atoms with van der Waals surface area (Å²) in [6.45, 7) is 2.61. The van der Waals surface area contributed by atoms with Crippen molar-refractivity contribution in [2.45, 2.75) is 6.61 Å². The monoisotopic (exact) mass is 418 g/mol. The van der Waals surface area contributed by atoms with Gasteiger partial charge in [0.15, 0.2) is 0 Å². The van der Waals surface area contributed by atoms with Gasteiger partial charge < -0.3 is 19.7 Å². The van der Waals surface area contributed by atoms with Crippen molar-refractivity contribution in [1.82, 2.24) is 4.90 Å². The molecule has 0 unspecified atom stereocenters. The van der Waals surface area contributed by atoms with Gasteiger partial charge in [0, 0.05) is 24.8 Å². The molecule has 0 bridgehead atoms. The molecule has 1 aliphatic rings. The topological polar surface area (TPSA) is 67.9 Å². The van der Waals surface area contributed by atoms with Gasteiger partial charge in [-0.25, -0.2) is 4.39 Å². The van der Waals surface area contributed by atoms with E-state index in [2.05, 4.69) is 5.32 Å². The van der Waals surface area contributed by atoms with Crippen LogP contribution < -0.4 is 10.1 Å². The molecule has 0 aromatic heterocycles. The summed E-state index contributed by atoms with van der Waals surface area (Å²) in [7, 11) is 0. The number of hydrogen-bond acceptors (Lipinski definition) is 5. The van der Waals surface area contributed by atoms with Gasteiger partial charge in [-0.15, -0.1) is 11.8 Å². The first-order chi connectivity index (χ1) is 14.1. The van der Waals surface area contributed by atoms with E-state index in [1.165, 1.54) is 23.9 Å². The van der Waals surface area contributed by atoms with Crippen LogP contribution in [-0.2, 0) is 20.9 Å². The molecule has 2 amide bonds. The molecule has 1 N–H and O–H groups in total. The third-order valence-electron chi connectivity index (χ3n) is 4.23.